The summed E-state index contributed by atoms with van der Waals surface area (Å²) in [6, 6.07) is 0. The van der Waals surface area contributed by atoms with Crippen LogP contribution in [0.15, 0.2) is 0 Å². The lowest BCUT2D eigenvalue weighted by Crippen LogP contribution is -2.29. The van der Waals surface area contributed by atoms with Gasteiger partial charge in [-0.05, 0) is 19.3 Å². The summed E-state index contributed by atoms with van der Waals surface area (Å²) in [7, 11) is 0. The zero-order valence-electron chi connectivity index (χ0n) is 8.66. The van der Waals surface area contributed by atoms with Crippen molar-refractivity contribution in [2.45, 2.75) is 33.3 Å². The minimum absolute atomic E-state index is 0.161. The number of hydrogen-bond donors (Lipinski definition) is 1. The van der Waals surface area contributed by atoms with Crippen molar-refractivity contribution in [2.24, 2.45) is 11.8 Å². The Morgan fingerprint density at radius 3 is 2.62 bits per heavy atom. The van der Waals surface area contributed by atoms with E-state index < -0.39 is 0 Å². The van der Waals surface area contributed by atoms with Crippen LogP contribution in [0.1, 0.15) is 27.2 Å². The molecule has 1 saturated heterocycles. The SMILES string of the molecule is CC(O)CCN1CC(C)C(C)C1=O. The summed E-state index contributed by atoms with van der Waals surface area (Å²) in [6.07, 6.45) is 0.379. The fraction of sp³-hybridized carbons (Fsp3) is 0.900. The molecule has 1 heterocycles. The van der Waals surface area contributed by atoms with E-state index in [1.165, 1.54) is 0 Å². The van der Waals surface area contributed by atoms with Crippen LogP contribution >= 0.6 is 0 Å². The van der Waals surface area contributed by atoms with E-state index in [4.69, 9.17) is 5.11 Å². The molecule has 1 aliphatic heterocycles. The predicted octanol–water partition coefficient (Wildman–Crippen LogP) is 0.872. The Bertz CT molecular complexity index is 191. The Kier molecular flexibility index (Phi) is 3.31. The van der Waals surface area contributed by atoms with Gasteiger partial charge in [0.25, 0.3) is 0 Å². The van der Waals surface area contributed by atoms with Crippen molar-refractivity contribution >= 4 is 5.91 Å². The Labute approximate surface area is 79.7 Å². The summed E-state index contributed by atoms with van der Waals surface area (Å²) in [5, 5.41) is 9.09. The third kappa shape index (κ3) is 2.44. The smallest absolute Gasteiger partial charge is 0.225 e. The molecule has 76 valence electrons. The van der Waals surface area contributed by atoms with Gasteiger partial charge in [0, 0.05) is 19.0 Å². The summed E-state index contributed by atoms with van der Waals surface area (Å²) >= 11 is 0. The van der Waals surface area contributed by atoms with E-state index >= 15 is 0 Å². The second-order valence-electron chi connectivity index (χ2n) is 4.19. The largest absolute Gasteiger partial charge is 0.393 e. The Hall–Kier alpha value is -0.570. The highest BCUT2D eigenvalue weighted by Gasteiger charge is 2.33. The number of carbonyl (C=O) groups is 1. The quantitative estimate of drug-likeness (QED) is 0.709. The van der Waals surface area contributed by atoms with Crippen molar-refractivity contribution in [3.63, 3.8) is 0 Å². The van der Waals surface area contributed by atoms with Crippen LogP contribution in [0.25, 0.3) is 0 Å². The molecular weight excluding hydrogens is 166 g/mol. The number of carbonyl (C=O) groups excluding carboxylic acids is 1. The number of nitrogens with zero attached hydrogens (tertiary/aromatic N) is 1. The number of amides is 1. The van der Waals surface area contributed by atoms with Crippen molar-refractivity contribution in [1.29, 1.82) is 0 Å². The second kappa shape index (κ2) is 4.09. The molecule has 13 heavy (non-hydrogen) atoms. The molecule has 3 atom stereocenters. The van der Waals surface area contributed by atoms with Gasteiger partial charge in [-0.15, -0.1) is 0 Å². The minimum atomic E-state index is -0.306. The molecule has 0 spiro atoms. The van der Waals surface area contributed by atoms with E-state index in [0.717, 1.165) is 6.54 Å². The lowest BCUT2D eigenvalue weighted by atomic mass is 10.0. The van der Waals surface area contributed by atoms with Gasteiger partial charge in [0.1, 0.15) is 0 Å². The van der Waals surface area contributed by atoms with Crippen LogP contribution in [0.2, 0.25) is 0 Å². The monoisotopic (exact) mass is 185 g/mol. The lowest BCUT2D eigenvalue weighted by molar-refractivity contribution is -0.130. The van der Waals surface area contributed by atoms with Crippen LogP contribution in [0.4, 0.5) is 0 Å². The maximum atomic E-state index is 11.6. The number of aliphatic hydroxyl groups is 1. The van der Waals surface area contributed by atoms with E-state index in [1.807, 2.05) is 11.8 Å². The van der Waals surface area contributed by atoms with Gasteiger partial charge in [-0.2, -0.15) is 0 Å². The molecule has 3 nitrogen and oxygen atoms in total. The van der Waals surface area contributed by atoms with Crippen molar-refractivity contribution in [3.05, 3.63) is 0 Å². The number of aliphatic hydroxyl groups excluding tert-OH is 1. The first-order valence-electron chi connectivity index (χ1n) is 4.99. The predicted molar refractivity (Wildman–Crippen MR) is 51.2 cm³/mol. The molecular formula is C10H19NO2. The molecule has 1 aliphatic rings. The number of hydrogen-bond acceptors (Lipinski definition) is 2. The van der Waals surface area contributed by atoms with Crippen LogP contribution in [0, 0.1) is 11.8 Å². The van der Waals surface area contributed by atoms with Crippen LogP contribution in [0.3, 0.4) is 0 Å². The molecule has 3 unspecified atom stereocenters. The van der Waals surface area contributed by atoms with Crippen molar-refractivity contribution in [1.82, 2.24) is 4.90 Å². The average molecular weight is 185 g/mol. The third-order valence-electron chi connectivity index (χ3n) is 2.88. The zero-order valence-corrected chi connectivity index (χ0v) is 8.66. The summed E-state index contributed by atoms with van der Waals surface area (Å²) in [5.41, 5.74) is 0. The zero-order chi connectivity index (χ0) is 10.0. The highest BCUT2D eigenvalue weighted by molar-refractivity contribution is 5.80. The number of likely N-dealkylation sites (tertiary alicyclic amines) is 1. The van der Waals surface area contributed by atoms with E-state index in [1.54, 1.807) is 6.92 Å². The first-order valence-corrected chi connectivity index (χ1v) is 4.99. The van der Waals surface area contributed by atoms with Crippen molar-refractivity contribution in [3.8, 4) is 0 Å². The molecule has 1 rings (SSSR count). The van der Waals surface area contributed by atoms with Crippen molar-refractivity contribution in [2.75, 3.05) is 13.1 Å². The van der Waals surface area contributed by atoms with Crippen LogP contribution in [-0.4, -0.2) is 35.1 Å². The minimum Gasteiger partial charge on any atom is -0.393 e. The fourth-order valence-electron chi connectivity index (χ4n) is 1.67. The molecule has 0 saturated carbocycles. The van der Waals surface area contributed by atoms with Crippen LogP contribution in [0.5, 0.6) is 0 Å². The second-order valence-corrected chi connectivity index (χ2v) is 4.19. The molecule has 3 heteroatoms. The van der Waals surface area contributed by atoms with Crippen LogP contribution < -0.4 is 0 Å². The van der Waals surface area contributed by atoms with Gasteiger partial charge in [0.2, 0.25) is 5.91 Å². The highest BCUT2D eigenvalue weighted by Crippen LogP contribution is 2.23. The normalized spacial score (nSPS) is 31.1. The lowest BCUT2D eigenvalue weighted by Gasteiger charge is -2.16. The van der Waals surface area contributed by atoms with Gasteiger partial charge in [-0.1, -0.05) is 13.8 Å². The Morgan fingerprint density at radius 2 is 2.23 bits per heavy atom. The summed E-state index contributed by atoms with van der Waals surface area (Å²) < 4.78 is 0. The van der Waals surface area contributed by atoms with Gasteiger partial charge in [0.15, 0.2) is 0 Å². The molecule has 0 radical (unpaired) electrons. The van der Waals surface area contributed by atoms with E-state index in [0.29, 0.717) is 18.9 Å². The number of rotatable bonds is 3. The van der Waals surface area contributed by atoms with Crippen LogP contribution in [-0.2, 0) is 4.79 Å². The molecule has 0 bridgehead atoms. The molecule has 1 N–H and O–H groups in total. The third-order valence-corrected chi connectivity index (χ3v) is 2.88. The van der Waals surface area contributed by atoms with Gasteiger partial charge in [-0.25, -0.2) is 0 Å². The first-order chi connectivity index (χ1) is 6.02. The van der Waals surface area contributed by atoms with E-state index in [2.05, 4.69) is 6.92 Å². The molecule has 0 aliphatic carbocycles. The Balaban J connectivity index is 2.40. The van der Waals surface area contributed by atoms with Gasteiger partial charge in [0.05, 0.1) is 6.10 Å². The molecule has 0 aromatic heterocycles. The van der Waals surface area contributed by atoms with Gasteiger partial charge in [-0.3, -0.25) is 4.79 Å². The maximum absolute atomic E-state index is 11.6. The maximum Gasteiger partial charge on any atom is 0.225 e. The summed E-state index contributed by atoms with van der Waals surface area (Å²) in [4.78, 5) is 13.4. The summed E-state index contributed by atoms with van der Waals surface area (Å²) in [6.45, 7) is 7.39. The highest BCUT2D eigenvalue weighted by atomic mass is 16.3. The van der Waals surface area contributed by atoms with Gasteiger partial charge >= 0.3 is 0 Å². The topological polar surface area (TPSA) is 40.5 Å². The van der Waals surface area contributed by atoms with Gasteiger partial charge < -0.3 is 10.0 Å². The molecule has 1 fully saturated rings. The van der Waals surface area contributed by atoms with Crippen molar-refractivity contribution < 1.29 is 9.90 Å². The van der Waals surface area contributed by atoms with E-state index in [9.17, 15) is 4.79 Å². The average Bonchev–Trinajstić information content (AvgIpc) is 2.29. The first kappa shape index (κ1) is 10.5. The molecule has 0 aromatic carbocycles. The molecule has 0 aromatic rings. The van der Waals surface area contributed by atoms with E-state index in [-0.39, 0.29) is 17.9 Å². The fourth-order valence-corrected chi connectivity index (χ4v) is 1.67. The standard InChI is InChI=1S/C10H19NO2/c1-7-6-11(5-4-8(2)12)10(13)9(7)3/h7-9,12H,4-6H2,1-3H3. The Morgan fingerprint density at radius 1 is 1.62 bits per heavy atom. The molecule has 1 amide bonds. The summed E-state index contributed by atoms with van der Waals surface area (Å²) in [5.74, 6) is 0.864.